The van der Waals surface area contributed by atoms with Crippen molar-refractivity contribution in [2.45, 2.75) is 0 Å². The van der Waals surface area contributed by atoms with Gasteiger partial charge < -0.3 is 5.32 Å². The van der Waals surface area contributed by atoms with Gasteiger partial charge in [0.1, 0.15) is 13.1 Å². The van der Waals surface area contributed by atoms with E-state index >= 15 is 0 Å². The molecule has 0 spiro atoms. The average Bonchev–Trinajstić information content (AvgIpc) is 2.95. The Labute approximate surface area is 155 Å². The van der Waals surface area contributed by atoms with Crippen molar-refractivity contribution in [3.8, 4) is 0 Å². The number of rotatable bonds is 2. The quantitative estimate of drug-likeness (QED) is 0.767. The summed E-state index contributed by atoms with van der Waals surface area (Å²) < 4.78 is 0. The summed E-state index contributed by atoms with van der Waals surface area (Å²) >= 11 is 0. The van der Waals surface area contributed by atoms with Crippen LogP contribution in [0.3, 0.4) is 0 Å². The van der Waals surface area contributed by atoms with Crippen molar-refractivity contribution in [1.82, 2.24) is 0 Å². The number of carbonyl (C=O) groups is 3. The number of para-hydroxylation sites is 2. The second-order valence-electron chi connectivity index (χ2n) is 6.62. The van der Waals surface area contributed by atoms with Crippen LogP contribution in [0.4, 0.5) is 17.1 Å². The van der Waals surface area contributed by atoms with Crippen molar-refractivity contribution in [3.05, 3.63) is 66.2 Å². The summed E-state index contributed by atoms with van der Waals surface area (Å²) in [6.07, 6.45) is 0. The average molecular weight is 357 g/mol. The normalized spacial score (nSPS) is 15.1. The molecule has 0 radical (unpaired) electrons. The molecule has 0 aromatic heterocycles. The van der Waals surface area contributed by atoms with Crippen molar-refractivity contribution in [1.29, 1.82) is 0 Å². The first-order valence-corrected chi connectivity index (χ1v) is 8.66. The lowest BCUT2D eigenvalue weighted by Crippen LogP contribution is -2.47. The summed E-state index contributed by atoms with van der Waals surface area (Å²) in [4.78, 5) is 40.8. The zero-order valence-electron chi connectivity index (χ0n) is 14.3. The second kappa shape index (κ2) is 5.67. The van der Waals surface area contributed by atoms with E-state index in [0.717, 1.165) is 16.5 Å². The van der Waals surface area contributed by atoms with E-state index in [4.69, 9.17) is 0 Å². The molecule has 3 aromatic rings. The SMILES string of the molecule is O=C1CN(C(=O)CN2C(=O)c3cccc4cccc2c34)c2ccccc2N1. The largest absolute Gasteiger partial charge is 0.323 e. The molecule has 0 bridgehead atoms. The molecule has 0 saturated carbocycles. The van der Waals surface area contributed by atoms with Crippen LogP contribution in [0.2, 0.25) is 0 Å². The zero-order valence-corrected chi connectivity index (χ0v) is 14.3. The molecule has 6 heteroatoms. The van der Waals surface area contributed by atoms with Crippen LogP contribution in [0, 0.1) is 0 Å². The van der Waals surface area contributed by atoms with Crippen molar-refractivity contribution in [2.75, 3.05) is 28.2 Å². The molecule has 0 unspecified atom stereocenters. The Morgan fingerprint density at radius 3 is 2.52 bits per heavy atom. The van der Waals surface area contributed by atoms with Gasteiger partial charge in [0.15, 0.2) is 0 Å². The van der Waals surface area contributed by atoms with E-state index in [-0.39, 0.29) is 30.8 Å². The van der Waals surface area contributed by atoms with Gasteiger partial charge in [-0.3, -0.25) is 24.2 Å². The van der Waals surface area contributed by atoms with E-state index in [1.165, 1.54) is 9.80 Å². The third-order valence-corrected chi connectivity index (χ3v) is 5.01. The number of anilines is 3. The predicted molar refractivity (Wildman–Crippen MR) is 103 cm³/mol. The monoisotopic (exact) mass is 357 g/mol. The smallest absolute Gasteiger partial charge is 0.259 e. The number of carbonyl (C=O) groups excluding carboxylic acids is 3. The van der Waals surface area contributed by atoms with Crippen molar-refractivity contribution >= 4 is 45.6 Å². The fourth-order valence-electron chi connectivity index (χ4n) is 3.81. The van der Waals surface area contributed by atoms with Crippen LogP contribution in [-0.4, -0.2) is 30.8 Å². The summed E-state index contributed by atoms with van der Waals surface area (Å²) in [5.74, 6) is -0.736. The Hall–Kier alpha value is -3.67. The highest BCUT2D eigenvalue weighted by Gasteiger charge is 2.34. The van der Waals surface area contributed by atoms with Gasteiger partial charge in [0.05, 0.1) is 17.1 Å². The second-order valence-corrected chi connectivity index (χ2v) is 6.62. The van der Waals surface area contributed by atoms with E-state index in [2.05, 4.69) is 5.32 Å². The molecular weight excluding hydrogens is 342 g/mol. The third-order valence-electron chi connectivity index (χ3n) is 5.01. The highest BCUT2D eigenvalue weighted by Crippen LogP contribution is 2.37. The zero-order chi connectivity index (χ0) is 18.5. The van der Waals surface area contributed by atoms with Crippen LogP contribution in [0.1, 0.15) is 10.4 Å². The lowest BCUT2D eigenvalue weighted by atomic mass is 10.1. The molecule has 3 amide bonds. The van der Waals surface area contributed by atoms with Gasteiger partial charge in [-0.25, -0.2) is 0 Å². The molecule has 0 fully saturated rings. The Bertz CT molecular complexity index is 1130. The number of hydrogen-bond acceptors (Lipinski definition) is 3. The maximum atomic E-state index is 13.0. The van der Waals surface area contributed by atoms with E-state index in [0.29, 0.717) is 16.9 Å². The van der Waals surface area contributed by atoms with Gasteiger partial charge in [-0.15, -0.1) is 0 Å². The Balaban J connectivity index is 1.50. The molecule has 0 atom stereocenters. The molecule has 3 aromatic carbocycles. The highest BCUT2D eigenvalue weighted by atomic mass is 16.2. The number of fused-ring (bicyclic) bond motifs is 1. The molecule has 27 heavy (non-hydrogen) atoms. The summed E-state index contributed by atoms with van der Waals surface area (Å²) in [5, 5.41) is 4.60. The molecular formula is C21H15N3O3. The molecule has 0 saturated heterocycles. The lowest BCUT2D eigenvalue weighted by molar-refractivity contribution is -0.121. The Morgan fingerprint density at radius 1 is 0.926 bits per heavy atom. The van der Waals surface area contributed by atoms with Crippen LogP contribution in [0.25, 0.3) is 10.8 Å². The number of nitrogens with one attached hydrogen (secondary N) is 1. The maximum Gasteiger partial charge on any atom is 0.259 e. The minimum Gasteiger partial charge on any atom is -0.323 e. The van der Waals surface area contributed by atoms with Gasteiger partial charge in [-0.05, 0) is 29.7 Å². The number of benzene rings is 3. The van der Waals surface area contributed by atoms with E-state index < -0.39 is 0 Å². The minimum atomic E-state index is -0.296. The molecule has 2 aliphatic heterocycles. The number of nitrogens with zero attached hydrogens (tertiary/aromatic N) is 2. The molecule has 2 aliphatic rings. The number of amides is 3. The third kappa shape index (κ3) is 2.30. The lowest BCUT2D eigenvalue weighted by Gasteiger charge is -2.30. The van der Waals surface area contributed by atoms with Gasteiger partial charge in [-0.1, -0.05) is 36.4 Å². The maximum absolute atomic E-state index is 13.0. The van der Waals surface area contributed by atoms with Crippen molar-refractivity contribution < 1.29 is 14.4 Å². The van der Waals surface area contributed by atoms with Crippen LogP contribution in [0.15, 0.2) is 60.7 Å². The minimum absolute atomic E-state index is 0.0605. The van der Waals surface area contributed by atoms with Crippen LogP contribution in [-0.2, 0) is 9.59 Å². The van der Waals surface area contributed by atoms with Gasteiger partial charge in [0.2, 0.25) is 11.8 Å². The Morgan fingerprint density at radius 2 is 1.67 bits per heavy atom. The van der Waals surface area contributed by atoms with Crippen LogP contribution in [0.5, 0.6) is 0 Å². The molecule has 1 N–H and O–H groups in total. The number of hydrogen-bond donors (Lipinski definition) is 1. The highest BCUT2D eigenvalue weighted by molar-refractivity contribution is 6.26. The fourth-order valence-corrected chi connectivity index (χ4v) is 3.81. The summed E-state index contributed by atoms with van der Waals surface area (Å²) in [5.41, 5.74) is 2.58. The molecule has 5 rings (SSSR count). The summed E-state index contributed by atoms with van der Waals surface area (Å²) in [7, 11) is 0. The molecule has 132 valence electrons. The van der Waals surface area contributed by atoms with Gasteiger partial charge in [0, 0.05) is 10.9 Å². The summed E-state index contributed by atoms with van der Waals surface area (Å²) in [6, 6.07) is 18.4. The summed E-state index contributed by atoms with van der Waals surface area (Å²) in [6.45, 7) is -0.177. The van der Waals surface area contributed by atoms with E-state index in [1.807, 2.05) is 36.4 Å². The van der Waals surface area contributed by atoms with Crippen LogP contribution >= 0.6 is 0 Å². The fraction of sp³-hybridized carbons (Fsp3) is 0.0952. The predicted octanol–water partition coefficient (Wildman–Crippen LogP) is 2.79. The van der Waals surface area contributed by atoms with Crippen LogP contribution < -0.4 is 15.1 Å². The first kappa shape index (κ1) is 15.6. The molecule has 2 heterocycles. The van der Waals surface area contributed by atoms with Crippen molar-refractivity contribution in [3.63, 3.8) is 0 Å². The first-order chi connectivity index (χ1) is 13.1. The topological polar surface area (TPSA) is 69.7 Å². The molecule has 0 aliphatic carbocycles. The standard InChI is InChI=1S/C21H15N3O3/c25-18-11-23(16-9-2-1-8-15(16)22-18)19(26)12-24-17-10-4-6-13-5-3-7-14(20(13)17)21(24)27/h1-10H,11-12H2,(H,22,25). The first-order valence-electron chi connectivity index (χ1n) is 8.66. The van der Waals surface area contributed by atoms with Crippen molar-refractivity contribution in [2.24, 2.45) is 0 Å². The van der Waals surface area contributed by atoms with E-state index in [1.54, 1.807) is 24.3 Å². The van der Waals surface area contributed by atoms with Gasteiger partial charge >= 0.3 is 0 Å². The van der Waals surface area contributed by atoms with E-state index in [9.17, 15) is 14.4 Å². The Kier molecular flexibility index (Phi) is 3.27. The van der Waals surface area contributed by atoms with Gasteiger partial charge in [0.25, 0.3) is 5.91 Å². The molecule has 6 nitrogen and oxygen atoms in total. The van der Waals surface area contributed by atoms with Gasteiger partial charge in [-0.2, -0.15) is 0 Å².